The predicted octanol–water partition coefficient (Wildman–Crippen LogP) is 5.63. The van der Waals surface area contributed by atoms with Crippen LogP contribution in [-0.4, -0.2) is 18.3 Å². The highest BCUT2D eigenvalue weighted by molar-refractivity contribution is 9.10. The standard InChI is InChI=1S/C21H13BrClF2NO3/c22-17-9-15(24)10-18(25)20(17)26-19(27)11-29-16-7-3-13(4-8-16)21(28)12-1-5-14(23)6-2-12/h1-10H,11H2,(H,26,27). The number of carbonyl (C=O) groups excluding carboxylic acids is 2. The molecule has 0 bridgehead atoms. The van der Waals surface area contributed by atoms with Crippen LogP contribution >= 0.6 is 27.5 Å². The zero-order valence-electron chi connectivity index (χ0n) is 14.7. The van der Waals surface area contributed by atoms with Crippen LogP contribution < -0.4 is 10.1 Å². The Morgan fingerprint density at radius 3 is 2.14 bits per heavy atom. The minimum atomic E-state index is -0.907. The van der Waals surface area contributed by atoms with Gasteiger partial charge in [-0.05, 0) is 70.5 Å². The lowest BCUT2D eigenvalue weighted by atomic mass is 10.0. The van der Waals surface area contributed by atoms with Gasteiger partial charge in [0.2, 0.25) is 0 Å². The zero-order chi connectivity index (χ0) is 21.0. The summed E-state index contributed by atoms with van der Waals surface area (Å²) in [5.74, 6) is -2.13. The largest absolute Gasteiger partial charge is 0.484 e. The summed E-state index contributed by atoms with van der Waals surface area (Å²) >= 11 is 8.81. The lowest BCUT2D eigenvalue weighted by Gasteiger charge is -2.10. The lowest BCUT2D eigenvalue weighted by molar-refractivity contribution is -0.118. The Labute approximate surface area is 178 Å². The summed E-state index contributed by atoms with van der Waals surface area (Å²) in [5, 5.41) is 2.85. The number of ether oxygens (including phenoxy) is 1. The first-order chi connectivity index (χ1) is 13.8. The molecule has 4 nitrogen and oxygen atoms in total. The molecule has 0 aromatic heterocycles. The van der Waals surface area contributed by atoms with Gasteiger partial charge in [-0.25, -0.2) is 8.78 Å². The van der Waals surface area contributed by atoms with E-state index in [1.807, 2.05) is 0 Å². The summed E-state index contributed by atoms with van der Waals surface area (Å²) in [4.78, 5) is 24.4. The molecule has 0 aliphatic rings. The number of hydrogen-bond donors (Lipinski definition) is 1. The normalized spacial score (nSPS) is 10.5. The second-order valence-corrected chi connectivity index (χ2v) is 7.23. The van der Waals surface area contributed by atoms with Crippen molar-refractivity contribution in [2.75, 3.05) is 11.9 Å². The van der Waals surface area contributed by atoms with Gasteiger partial charge in [0.05, 0.1) is 5.69 Å². The van der Waals surface area contributed by atoms with E-state index in [4.69, 9.17) is 16.3 Å². The van der Waals surface area contributed by atoms with Gasteiger partial charge in [-0.2, -0.15) is 0 Å². The Bertz CT molecular complexity index is 1030. The maximum absolute atomic E-state index is 13.8. The molecule has 3 rings (SSSR count). The van der Waals surface area contributed by atoms with Crippen LogP contribution in [0.25, 0.3) is 0 Å². The fraction of sp³-hybridized carbons (Fsp3) is 0.0476. The minimum absolute atomic E-state index is 0.0772. The Morgan fingerprint density at radius 1 is 0.966 bits per heavy atom. The zero-order valence-corrected chi connectivity index (χ0v) is 17.1. The Kier molecular flexibility index (Phi) is 6.61. The quantitative estimate of drug-likeness (QED) is 0.465. The number of hydrogen-bond acceptors (Lipinski definition) is 3. The maximum atomic E-state index is 13.8. The monoisotopic (exact) mass is 479 g/mol. The predicted molar refractivity (Wildman–Crippen MR) is 110 cm³/mol. The van der Waals surface area contributed by atoms with Crippen molar-refractivity contribution < 1.29 is 23.1 Å². The van der Waals surface area contributed by atoms with Gasteiger partial charge in [0, 0.05) is 26.7 Å². The first kappa shape index (κ1) is 21.0. The van der Waals surface area contributed by atoms with E-state index < -0.39 is 24.1 Å². The molecule has 29 heavy (non-hydrogen) atoms. The van der Waals surface area contributed by atoms with E-state index in [-0.39, 0.29) is 15.9 Å². The van der Waals surface area contributed by atoms with Gasteiger partial charge in [-0.1, -0.05) is 11.6 Å². The molecule has 0 heterocycles. The topological polar surface area (TPSA) is 55.4 Å². The molecule has 148 valence electrons. The number of ketones is 1. The molecular weight excluding hydrogens is 468 g/mol. The third-order valence-electron chi connectivity index (χ3n) is 3.86. The van der Waals surface area contributed by atoms with Crippen LogP contribution in [0.5, 0.6) is 5.75 Å². The van der Waals surface area contributed by atoms with Crippen molar-refractivity contribution in [3.63, 3.8) is 0 Å². The summed E-state index contributed by atoms with van der Waals surface area (Å²) in [6, 6.07) is 14.5. The third-order valence-corrected chi connectivity index (χ3v) is 4.74. The van der Waals surface area contributed by atoms with Gasteiger partial charge in [-0.3, -0.25) is 9.59 Å². The SMILES string of the molecule is O=C(COc1ccc(C(=O)c2ccc(Cl)cc2)cc1)Nc1c(F)cc(F)cc1Br. The van der Waals surface area contributed by atoms with Gasteiger partial charge in [-0.15, -0.1) is 0 Å². The van der Waals surface area contributed by atoms with Crippen LogP contribution in [0.4, 0.5) is 14.5 Å². The fourth-order valence-electron chi connectivity index (χ4n) is 2.46. The summed E-state index contributed by atoms with van der Waals surface area (Å²) < 4.78 is 32.3. The average molecular weight is 481 g/mol. The Morgan fingerprint density at radius 2 is 1.55 bits per heavy atom. The van der Waals surface area contributed by atoms with Crippen molar-refractivity contribution in [1.29, 1.82) is 0 Å². The molecule has 1 amide bonds. The molecule has 0 saturated heterocycles. The van der Waals surface area contributed by atoms with Crippen molar-refractivity contribution in [3.8, 4) is 5.75 Å². The Balaban J connectivity index is 1.59. The van der Waals surface area contributed by atoms with E-state index >= 15 is 0 Å². The summed E-state index contributed by atoms with van der Waals surface area (Å²) in [6.45, 7) is -0.395. The second-order valence-electron chi connectivity index (χ2n) is 5.94. The molecule has 0 aliphatic heterocycles. The van der Waals surface area contributed by atoms with E-state index in [1.165, 1.54) is 0 Å². The highest BCUT2D eigenvalue weighted by atomic mass is 79.9. The number of anilines is 1. The third kappa shape index (κ3) is 5.40. The first-order valence-electron chi connectivity index (χ1n) is 8.31. The van der Waals surface area contributed by atoms with Crippen LogP contribution in [-0.2, 0) is 4.79 Å². The molecule has 0 spiro atoms. The average Bonchev–Trinajstić information content (AvgIpc) is 2.69. The number of nitrogens with one attached hydrogen (secondary N) is 1. The fourth-order valence-corrected chi connectivity index (χ4v) is 3.09. The van der Waals surface area contributed by atoms with Crippen molar-refractivity contribution in [1.82, 2.24) is 0 Å². The highest BCUT2D eigenvalue weighted by Gasteiger charge is 2.14. The van der Waals surface area contributed by atoms with Crippen LogP contribution in [0.1, 0.15) is 15.9 Å². The van der Waals surface area contributed by atoms with E-state index in [0.717, 1.165) is 6.07 Å². The summed E-state index contributed by atoms with van der Waals surface area (Å²) in [5.41, 5.74) is 0.764. The Hall–Kier alpha value is -2.77. The van der Waals surface area contributed by atoms with Gasteiger partial charge >= 0.3 is 0 Å². The maximum Gasteiger partial charge on any atom is 0.262 e. The molecule has 0 atom stereocenters. The van der Waals surface area contributed by atoms with Crippen LogP contribution in [0.15, 0.2) is 65.1 Å². The second kappa shape index (κ2) is 9.15. The lowest BCUT2D eigenvalue weighted by Crippen LogP contribution is -2.21. The van der Waals surface area contributed by atoms with Crippen molar-refractivity contribution in [3.05, 3.63) is 92.9 Å². The number of benzene rings is 3. The van der Waals surface area contributed by atoms with Crippen LogP contribution in [0, 0.1) is 11.6 Å². The van der Waals surface area contributed by atoms with Gasteiger partial charge in [0.25, 0.3) is 5.91 Å². The van der Waals surface area contributed by atoms with E-state index in [1.54, 1.807) is 48.5 Å². The number of rotatable bonds is 6. The van der Waals surface area contributed by atoms with Crippen molar-refractivity contribution >= 4 is 44.9 Å². The number of carbonyl (C=O) groups is 2. The first-order valence-corrected chi connectivity index (χ1v) is 9.48. The molecule has 3 aromatic carbocycles. The molecule has 0 fully saturated rings. The smallest absolute Gasteiger partial charge is 0.262 e. The molecule has 1 N–H and O–H groups in total. The van der Waals surface area contributed by atoms with Gasteiger partial charge < -0.3 is 10.1 Å². The molecule has 0 radical (unpaired) electrons. The highest BCUT2D eigenvalue weighted by Crippen LogP contribution is 2.27. The molecule has 8 heteroatoms. The molecule has 0 unspecified atom stereocenters. The number of halogens is 4. The molecule has 0 aliphatic carbocycles. The molecule has 3 aromatic rings. The van der Waals surface area contributed by atoms with Gasteiger partial charge in [0.15, 0.2) is 18.2 Å². The molecule has 0 saturated carbocycles. The number of amides is 1. The van der Waals surface area contributed by atoms with Gasteiger partial charge in [0.1, 0.15) is 11.6 Å². The summed E-state index contributed by atoms with van der Waals surface area (Å²) in [7, 11) is 0. The van der Waals surface area contributed by atoms with E-state index in [2.05, 4.69) is 21.2 Å². The van der Waals surface area contributed by atoms with Crippen molar-refractivity contribution in [2.45, 2.75) is 0 Å². The summed E-state index contributed by atoms with van der Waals surface area (Å²) in [6.07, 6.45) is 0. The van der Waals surface area contributed by atoms with Crippen LogP contribution in [0.3, 0.4) is 0 Å². The van der Waals surface area contributed by atoms with Crippen molar-refractivity contribution in [2.24, 2.45) is 0 Å². The minimum Gasteiger partial charge on any atom is -0.484 e. The van der Waals surface area contributed by atoms with E-state index in [9.17, 15) is 18.4 Å². The van der Waals surface area contributed by atoms with E-state index in [0.29, 0.717) is 28.0 Å². The molecular formula is C21H13BrClF2NO3. The van der Waals surface area contributed by atoms with Crippen LogP contribution in [0.2, 0.25) is 5.02 Å².